The van der Waals surface area contributed by atoms with Gasteiger partial charge in [0.1, 0.15) is 11.0 Å². The fourth-order valence-electron chi connectivity index (χ4n) is 3.04. The Bertz CT molecular complexity index is 1430. The topological polar surface area (TPSA) is 83.5 Å². The van der Waals surface area contributed by atoms with Crippen LogP contribution in [-0.2, 0) is 5.75 Å². The molecule has 0 fully saturated rings. The molecular weight excluding hydrogens is 428 g/mol. The van der Waals surface area contributed by atoms with E-state index in [-0.39, 0.29) is 10.8 Å². The quantitative estimate of drug-likeness (QED) is 0.401. The molecule has 2 aromatic carbocycles. The number of halogens is 1. The highest BCUT2D eigenvalue weighted by molar-refractivity contribution is 7.98. The summed E-state index contributed by atoms with van der Waals surface area (Å²) in [7, 11) is 0. The fourth-order valence-corrected chi connectivity index (χ4v) is 4.90. The zero-order chi connectivity index (χ0) is 20.0. The van der Waals surface area contributed by atoms with Crippen molar-refractivity contribution in [1.29, 1.82) is 0 Å². The zero-order valence-corrected chi connectivity index (χ0v) is 17.2. The van der Waals surface area contributed by atoms with Crippen molar-refractivity contribution >= 4 is 55.9 Å². The minimum absolute atomic E-state index is 0.101. The van der Waals surface area contributed by atoms with E-state index in [1.807, 2.05) is 48.5 Å². The fraction of sp³-hybridized carbons (Fsp3) is 0.0500. The van der Waals surface area contributed by atoms with Crippen LogP contribution >= 0.6 is 34.7 Å². The zero-order valence-electron chi connectivity index (χ0n) is 14.8. The molecule has 2 N–H and O–H groups in total. The average molecular weight is 441 g/mol. The summed E-state index contributed by atoms with van der Waals surface area (Å²) in [5.74, 6) is 0.557. The molecule has 0 saturated heterocycles. The van der Waals surface area contributed by atoms with Gasteiger partial charge >= 0.3 is 0 Å². The summed E-state index contributed by atoms with van der Waals surface area (Å²) in [6, 6.07) is 16.6. The molecule has 0 aliphatic carbocycles. The van der Waals surface area contributed by atoms with Gasteiger partial charge in [-0.1, -0.05) is 35.1 Å². The van der Waals surface area contributed by atoms with E-state index < -0.39 is 5.56 Å². The molecule has 5 rings (SSSR count). The van der Waals surface area contributed by atoms with Gasteiger partial charge in [-0.3, -0.25) is 14.7 Å². The number of hydrogen-bond donors (Lipinski definition) is 2. The predicted molar refractivity (Wildman–Crippen MR) is 119 cm³/mol. The van der Waals surface area contributed by atoms with E-state index in [4.69, 9.17) is 11.6 Å². The number of para-hydroxylation sites is 1. The second-order valence-corrected chi connectivity index (χ2v) is 8.86. The Kier molecular flexibility index (Phi) is 4.54. The molecule has 0 unspecified atom stereocenters. The van der Waals surface area contributed by atoms with Crippen LogP contribution in [0.15, 0.2) is 69.1 Å². The lowest BCUT2D eigenvalue weighted by atomic mass is 10.3. The van der Waals surface area contributed by atoms with Crippen LogP contribution in [0.2, 0.25) is 5.02 Å². The highest BCUT2D eigenvalue weighted by Gasteiger charge is 2.16. The predicted octanol–water partition coefficient (Wildman–Crippen LogP) is 4.56. The van der Waals surface area contributed by atoms with Gasteiger partial charge in [0.2, 0.25) is 5.13 Å². The number of nitrogens with zero attached hydrogens (tertiary/aromatic N) is 2. The number of fused-ring (bicyclic) bond motifs is 2. The molecule has 144 valence electrons. The maximum atomic E-state index is 12.8. The third kappa shape index (κ3) is 3.39. The van der Waals surface area contributed by atoms with Crippen molar-refractivity contribution in [1.82, 2.24) is 19.7 Å². The van der Waals surface area contributed by atoms with Crippen molar-refractivity contribution in [2.45, 2.75) is 10.6 Å². The van der Waals surface area contributed by atoms with Crippen LogP contribution in [-0.4, -0.2) is 19.7 Å². The number of aromatic nitrogens is 4. The normalized spacial score (nSPS) is 11.5. The number of nitrogens with one attached hydrogen (secondary N) is 2. The Morgan fingerprint density at radius 1 is 1.10 bits per heavy atom. The van der Waals surface area contributed by atoms with Gasteiger partial charge in [0, 0.05) is 27.4 Å². The number of H-pyrrole nitrogens is 2. The molecule has 0 amide bonds. The van der Waals surface area contributed by atoms with Crippen LogP contribution in [0.4, 0.5) is 0 Å². The highest BCUT2D eigenvalue weighted by atomic mass is 35.5. The molecule has 5 aromatic rings. The number of hydrogen-bond acceptors (Lipinski definition) is 5. The lowest BCUT2D eigenvalue weighted by Gasteiger charge is -2.02. The van der Waals surface area contributed by atoms with E-state index in [2.05, 4.69) is 15.1 Å². The van der Waals surface area contributed by atoms with Gasteiger partial charge in [-0.2, -0.15) is 4.68 Å². The highest BCUT2D eigenvalue weighted by Crippen LogP contribution is 2.25. The van der Waals surface area contributed by atoms with Crippen LogP contribution in [0.5, 0.6) is 0 Å². The first-order chi connectivity index (χ1) is 14.1. The molecule has 29 heavy (non-hydrogen) atoms. The minimum atomic E-state index is -0.405. The SMILES string of the molecule is O=c1cc(CSc2ccc(Cl)cc2)[nH]c2[nH]n(-c3nc4ccccc4s3)c(=O)c12. The number of thioether (sulfide) groups is 1. The van der Waals surface area contributed by atoms with E-state index in [0.29, 0.717) is 21.6 Å². The third-order valence-electron chi connectivity index (χ3n) is 4.41. The minimum Gasteiger partial charge on any atom is -0.343 e. The molecule has 6 nitrogen and oxygen atoms in total. The number of thiazole rings is 1. The molecule has 0 spiro atoms. The van der Waals surface area contributed by atoms with Gasteiger partial charge in [0.15, 0.2) is 5.43 Å². The van der Waals surface area contributed by atoms with Crippen molar-refractivity contribution in [2.24, 2.45) is 0 Å². The van der Waals surface area contributed by atoms with Crippen molar-refractivity contribution < 1.29 is 0 Å². The molecule has 0 saturated carbocycles. The van der Waals surface area contributed by atoms with Gasteiger partial charge in [-0.15, -0.1) is 11.8 Å². The summed E-state index contributed by atoms with van der Waals surface area (Å²) >= 11 is 8.87. The summed E-state index contributed by atoms with van der Waals surface area (Å²) in [5, 5.41) is 4.28. The summed E-state index contributed by atoms with van der Waals surface area (Å²) in [5.41, 5.74) is 1.21. The van der Waals surface area contributed by atoms with Crippen molar-refractivity contribution in [3.05, 3.63) is 85.9 Å². The first-order valence-corrected chi connectivity index (χ1v) is 10.9. The Morgan fingerprint density at radius 3 is 2.69 bits per heavy atom. The van der Waals surface area contributed by atoms with E-state index in [1.165, 1.54) is 22.1 Å². The van der Waals surface area contributed by atoms with Gasteiger partial charge in [-0.25, -0.2) is 4.98 Å². The van der Waals surface area contributed by atoms with Crippen molar-refractivity contribution in [2.75, 3.05) is 0 Å². The first kappa shape index (κ1) is 18.2. The van der Waals surface area contributed by atoms with Crippen LogP contribution in [0.1, 0.15) is 5.69 Å². The second-order valence-electron chi connectivity index (χ2n) is 6.37. The van der Waals surface area contributed by atoms with Crippen LogP contribution in [0.3, 0.4) is 0 Å². The summed E-state index contributed by atoms with van der Waals surface area (Å²) in [4.78, 5) is 34.1. The van der Waals surface area contributed by atoms with E-state index in [9.17, 15) is 9.59 Å². The lowest BCUT2D eigenvalue weighted by Crippen LogP contribution is -2.18. The Labute approximate surface area is 177 Å². The summed E-state index contributed by atoms with van der Waals surface area (Å²) in [6.07, 6.45) is 0. The van der Waals surface area contributed by atoms with E-state index in [0.717, 1.165) is 20.8 Å². The number of pyridine rings is 1. The van der Waals surface area contributed by atoms with Crippen molar-refractivity contribution in [3.63, 3.8) is 0 Å². The maximum absolute atomic E-state index is 12.8. The molecule has 0 aliphatic rings. The van der Waals surface area contributed by atoms with Crippen molar-refractivity contribution in [3.8, 4) is 5.13 Å². The second kappa shape index (κ2) is 7.22. The smallest absolute Gasteiger partial charge is 0.286 e. The average Bonchev–Trinajstić information content (AvgIpc) is 3.28. The van der Waals surface area contributed by atoms with Gasteiger partial charge in [-0.05, 0) is 36.4 Å². The van der Waals surface area contributed by atoms with Gasteiger partial charge in [0.05, 0.1) is 10.2 Å². The number of benzene rings is 2. The molecule has 3 aromatic heterocycles. The molecule has 0 aliphatic heterocycles. The Hall–Kier alpha value is -2.81. The summed E-state index contributed by atoms with van der Waals surface area (Å²) < 4.78 is 2.29. The van der Waals surface area contributed by atoms with Gasteiger partial charge in [0.25, 0.3) is 5.56 Å². The Balaban J connectivity index is 1.52. The Morgan fingerprint density at radius 2 is 1.90 bits per heavy atom. The van der Waals surface area contributed by atoms with Gasteiger partial charge < -0.3 is 4.98 Å². The molecule has 3 heterocycles. The standard InChI is InChI=1S/C20H13ClN4O2S2/c21-11-5-7-13(8-6-11)28-10-12-9-15(26)17-18(22-12)24-25(19(17)27)20-23-14-3-1-2-4-16(14)29-20/h1-9H,10H2,(H2,22,24,26). The molecule has 0 bridgehead atoms. The first-order valence-electron chi connectivity index (χ1n) is 8.70. The lowest BCUT2D eigenvalue weighted by molar-refractivity contribution is 0.850. The largest absolute Gasteiger partial charge is 0.343 e. The van der Waals surface area contributed by atoms with E-state index in [1.54, 1.807) is 11.8 Å². The number of aromatic amines is 2. The molecule has 0 radical (unpaired) electrons. The van der Waals surface area contributed by atoms with E-state index >= 15 is 0 Å². The third-order valence-corrected chi connectivity index (χ3v) is 6.74. The molecular formula is C20H13ClN4O2S2. The monoisotopic (exact) mass is 440 g/mol. The van der Waals surface area contributed by atoms with Crippen LogP contribution in [0.25, 0.3) is 26.4 Å². The summed E-state index contributed by atoms with van der Waals surface area (Å²) in [6.45, 7) is 0. The molecule has 9 heteroatoms. The van der Waals surface area contributed by atoms with Crippen LogP contribution in [0, 0.1) is 0 Å². The van der Waals surface area contributed by atoms with Crippen LogP contribution < -0.4 is 11.0 Å². The number of rotatable bonds is 4. The molecule has 0 atom stereocenters. The maximum Gasteiger partial charge on any atom is 0.286 e.